The van der Waals surface area contributed by atoms with Crippen LogP contribution in [0.2, 0.25) is 0 Å². The van der Waals surface area contributed by atoms with Crippen molar-refractivity contribution >= 4 is 78.4 Å². The second-order valence-corrected chi connectivity index (χ2v) is 18.9. The van der Waals surface area contributed by atoms with Crippen LogP contribution < -0.4 is 42.4 Å². The number of hydrogen-bond acceptors (Lipinski definition) is 17. The van der Waals surface area contributed by atoms with Gasteiger partial charge in [0.15, 0.2) is 0 Å². The minimum absolute atomic E-state index is 0.0384. The number of rotatable bonds is 55. The van der Waals surface area contributed by atoms with E-state index in [1.807, 2.05) is 0 Å². The van der Waals surface area contributed by atoms with Crippen molar-refractivity contribution in [3.63, 3.8) is 0 Å². The number of aldehydes is 1. The lowest BCUT2D eigenvalue weighted by atomic mass is 10.0. The molecule has 448 valence electrons. The summed E-state index contributed by atoms with van der Waals surface area (Å²) in [4.78, 5) is 130. The number of nitrogens with one attached hydrogen (secondary N) is 7. The Morgan fingerprint density at radius 2 is 0.769 bits per heavy atom. The molecule has 12 N–H and O–H groups in total. The molecule has 27 heteroatoms. The van der Waals surface area contributed by atoms with Gasteiger partial charge in [-0.3, -0.25) is 38.3 Å². The van der Waals surface area contributed by atoms with Crippen molar-refractivity contribution in [3.8, 4) is 0 Å². The van der Waals surface area contributed by atoms with Gasteiger partial charge in [-0.1, -0.05) is 89.9 Å². The van der Waals surface area contributed by atoms with Crippen LogP contribution in [0.15, 0.2) is 0 Å². The Kier molecular flexibility index (Phi) is 46.3. The molecule has 0 rings (SSSR count). The lowest BCUT2D eigenvalue weighted by molar-refractivity contribution is -0.144. The molecule has 3 unspecified atom stereocenters. The summed E-state index contributed by atoms with van der Waals surface area (Å²) < 4.78 is 23.7. The van der Waals surface area contributed by atoms with Gasteiger partial charge in [-0.2, -0.15) is 0 Å². The minimum Gasteiger partial charge on any atom is -0.480 e. The third-order valence-electron chi connectivity index (χ3n) is 11.9. The highest BCUT2D eigenvalue weighted by atomic mass is 32.1. The smallest absolute Gasteiger partial charge is 0.326 e. The van der Waals surface area contributed by atoms with Crippen LogP contribution in [0.25, 0.3) is 0 Å². The first-order chi connectivity index (χ1) is 37.5. The Morgan fingerprint density at radius 1 is 0.397 bits per heavy atom. The quantitative estimate of drug-likeness (QED) is 0.0232. The molecule has 0 fully saturated rings. The van der Waals surface area contributed by atoms with Crippen LogP contribution in [-0.4, -0.2) is 178 Å². The van der Waals surface area contributed by atoms with E-state index in [1.165, 1.54) is 51.4 Å². The molecule has 0 aromatic heterocycles. The number of aliphatic carboxylic acids is 3. The van der Waals surface area contributed by atoms with E-state index in [4.69, 9.17) is 24.7 Å². The first-order valence-corrected chi connectivity index (χ1v) is 27.7. The molecule has 78 heavy (non-hydrogen) atoms. The van der Waals surface area contributed by atoms with Gasteiger partial charge in [-0.05, 0) is 51.4 Å². The van der Waals surface area contributed by atoms with Crippen molar-refractivity contribution in [1.29, 1.82) is 0 Å². The summed E-state index contributed by atoms with van der Waals surface area (Å²) in [6, 6.07) is -4.70. The van der Waals surface area contributed by atoms with Crippen LogP contribution in [0.1, 0.15) is 161 Å². The molecule has 0 heterocycles. The highest BCUT2D eigenvalue weighted by Gasteiger charge is 2.25. The minimum atomic E-state index is -1.49. The largest absolute Gasteiger partial charge is 0.480 e. The first kappa shape index (κ1) is 72.5. The molecule has 0 aliphatic heterocycles. The first-order valence-electron chi connectivity index (χ1n) is 27.3. The Balaban J connectivity index is 3.97. The van der Waals surface area contributed by atoms with Gasteiger partial charge in [0.25, 0.3) is 0 Å². The fraction of sp³-hybridized carbons (Fsp3) is 0.784. The maximum absolute atomic E-state index is 12.5. The van der Waals surface area contributed by atoms with Gasteiger partial charge in [-0.15, -0.1) is 0 Å². The summed E-state index contributed by atoms with van der Waals surface area (Å²) in [5, 5.41) is 43.4. The standard InChI is InChI=1S/C51H90N8O18S/c52-48(67)38(59-78)18-15-16-26-53-42(61)23-20-40(50(70)71)57-45(64)25-22-41(51(72)73)58-47(66)37-77-35-33-75-31-28-55-46(65)36-76-34-32-74-30-27-54-43(62)24-21-39(49(68)69)56-44(63)19-14-12-10-8-6-4-2-1-3-5-7-9-11-13-17-29-60/h29,38-41,59,78H,1-28,30-37H2,(H2,52,67)(H,53,61)(H,54,62)(H,55,65)(H,56,63)(H,57,64)(H,58,66)(H,68,69)(H,70,71)(H,72,73)/t38?,39?,40?,41-/m0/s1. The maximum Gasteiger partial charge on any atom is 0.326 e. The van der Waals surface area contributed by atoms with Crippen LogP contribution in [0.4, 0.5) is 0 Å². The van der Waals surface area contributed by atoms with E-state index in [0.29, 0.717) is 32.1 Å². The summed E-state index contributed by atoms with van der Waals surface area (Å²) in [5.41, 5.74) is 5.22. The normalized spacial score (nSPS) is 12.5. The van der Waals surface area contributed by atoms with Crippen LogP contribution in [0, 0.1) is 0 Å². The van der Waals surface area contributed by atoms with Crippen molar-refractivity contribution in [3.05, 3.63) is 0 Å². The van der Waals surface area contributed by atoms with Crippen LogP contribution in [0.5, 0.6) is 0 Å². The van der Waals surface area contributed by atoms with Gasteiger partial charge < -0.3 is 76.7 Å². The molecule has 0 saturated carbocycles. The summed E-state index contributed by atoms with van der Waals surface area (Å²) in [6.07, 6.45) is 17.6. The zero-order chi connectivity index (χ0) is 58.0. The molecule has 0 aliphatic carbocycles. The Morgan fingerprint density at radius 3 is 1.21 bits per heavy atom. The highest BCUT2D eigenvalue weighted by molar-refractivity contribution is 7.78. The predicted octanol–water partition coefficient (Wildman–Crippen LogP) is 1.35. The number of amides is 7. The number of primary amides is 1. The van der Waals surface area contributed by atoms with E-state index in [1.54, 1.807) is 0 Å². The number of carboxylic acid groups (broad SMARTS) is 3. The lowest BCUT2D eigenvalue weighted by Gasteiger charge is -2.17. The van der Waals surface area contributed by atoms with Gasteiger partial charge in [0, 0.05) is 51.7 Å². The molecule has 26 nitrogen and oxygen atoms in total. The van der Waals surface area contributed by atoms with Crippen molar-refractivity contribution < 1.29 is 87.0 Å². The highest BCUT2D eigenvalue weighted by Crippen LogP contribution is 2.14. The molecular weight excluding hydrogens is 1040 g/mol. The SMILES string of the molecule is NC(=O)C(CCCCNC(=O)CCC(NC(=O)CC[C@H](NC(=O)COCCOCCNC(=O)COCCOCCNC(=O)CCC(NC(=O)CCCCCCCCCCCCCCCCC=O)C(=O)O)C(=O)O)C(=O)O)NS. The fourth-order valence-electron chi connectivity index (χ4n) is 7.50. The molecule has 7 amide bonds. The van der Waals surface area contributed by atoms with Gasteiger partial charge >= 0.3 is 17.9 Å². The molecule has 0 saturated heterocycles. The number of carbonyl (C=O) groups excluding carboxylic acids is 8. The summed E-state index contributed by atoms with van der Waals surface area (Å²) in [7, 11) is 0. The van der Waals surface area contributed by atoms with Crippen LogP contribution >= 0.6 is 12.8 Å². The van der Waals surface area contributed by atoms with Gasteiger partial charge in [-0.25, -0.2) is 14.4 Å². The number of thiol groups is 1. The summed E-state index contributed by atoms with van der Waals surface area (Å²) >= 11 is 3.83. The monoisotopic (exact) mass is 1130 g/mol. The zero-order valence-corrected chi connectivity index (χ0v) is 46.2. The second-order valence-electron chi connectivity index (χ2n) is 18.6. The number of hydrogen-bond donors (Lipinski definition) is 12. The number of nitrogens with two attached hydrogens (primary N) is 1. The maximum atomic E-state index is 12.5. The van der Waals surface area contributed by atoms with E-state index in [2.05, 4.69) is 49.4 Å². The molecule has 0 aliphatic rings. The Hall–Kier alpha value is -5.48. The van der Waals surface area contributed by atoms with Crippen molar-refractivity contribution in [2.45, 2.75) is 185 Å². The Bertz CT molecular complexity index is 1750. The number of carbonyl (C=O) groups is 11. The third-order valence-corrected chi connectivity index (χ3v) is 12.3. The molecule has 0 spiro atoms. The number of carboxylic acids is 3. The molecule has 0 radical (unpaired) electrons. The van der Waals surface area contributed by atoms with Crippen molar-refractivity contribution in [2.24, 2.45) is 5.73 Å². The van der Waals surface area contributed by atoms with Crippen LogP contribution in [0.3, 0.4) is 0 Å². The molecule has 4 atom stereocenters. The summed E-state index contributed by atoms with van der Waals surface area (Å²) in [6.45, 7) is 0.270. The van der Waals surface area contributed by atoms with Crippen LogP contribution in [-0.2, 0) is 71.7 Å². The Labute approximate surface area is 463 Å². The number of ether oxygens (including phenoxy) is 4. The lowest BCUT2D eigenvalue weighted by Crippen LogP contribution is -2.45. The fourth-order valence-corrected chi connectivity index (χ4v) is 7.75. The zero-order valence-electron chi connectivity index (χ0n) is 45.3. The van der Waals surface area contributed by atoms with Gasteiger partial charge in [0.05, 0.1) is 45.7 Å². The number of unbranched alkanes of at least 4 members (excludes halogenated alkanes) is 15. The molecule has 0 bridgehead atoms. The predicted molar refractivity (Wildman–Crippen MR) is 288 cm³/mol. The average molecular weight is 1140 g/mol. The summed E-state index contributed by atoms with van der Waals surface area (Å²) in [5.74, 6) is -7.80. The average Bonchev–Trinajstić information content (AvgIpc) is 3.39. The van der Waals surface area contributed by atoms with Gasteiger partial charge in [0.2, 0.25) is 41.4 Å². The van der Waals surface area contributed by atoms with Crippen molar-refractivity contribution in [1.82, 2.24) is 36.6 Å². The van der Waals surface area contributed by atoms with E-state index < -0.39 is 84.6 Å². The van der Waals surface area contributed by atoms with Gasteiger partial charge in [0.1, 0.15) is 37.6 Å². The van der Waals surface area contributed by atoms with E-state index in [-0.39, 0.29) is 116 Å². The topological polar surface area (TPSA) is 396 Å². The van der Waals surface area contributed by atoms with Crippen molar-refractivity contribution in [2.75, 3.05) is 72.5 Å². The molecular formula is C51H90N8O18S. The third kappa shape index (κ3) is 44.5. The molecule has 0 aromatic carbocycles. The van der Waals surface area contributed by atoms with E-state index in [9.17, 15) is 68.1 Å². The van der Waals surface area contributed by atoms with E-state index in [0.717, 1.165) is 38.4 Å². The molecule has 0 aromatic rings. The van der Waals surface area contributed by atoms with E-state index >= 15 is 0 Å². The second kappa shape index (κ2) is 49.8.